The minimum absolute atomic E-state index is 0.490. The maximum atomic E-state index is 9.95. The zero-order chi connectivity index (χ0) is 31.4. The number of pyridine rings is 1. The molecule has 1 N–H and O–H groups in total. The molecular weight excluding hydrogens is 530 g/mol. The van der Waals surface area contributed by atoms with E-state index in [0.29, 0.717) is 24.6 Å². The molecule has 228 valence electrons. The van der Waals surface area contributed by atoms with Crippen LogP contribution in [0.3, 0.4) is 0 Å². The Morgan fingerprint density at radius 3 is 2.42 bits per heavy atom. The number of aliphatic imine (C=N–C) groups is 2. The van der Waals surface area contributed by atoms with Gasteiger partial charge >= 0.3 is 0 Å². The van der Waals surface area contributed by atoms with Gasteiger partial charge in [0.05, 0.1) is 29.7 Å². The van der Waals surface area contributed by atoms with Crippen LogP contribution >= 0.6 is 0 Å². The number of fused-ring (bicyclic) bond motifs is 1. The number of hydrogen-bond donors (Lipinski definition) is 1. The van der Waals surface area contributed by atoms with Crippen LogP contribution in [0.1, 0.15) is 89.1 Å². The minimum atomic E-state index is 0.490. The number of nitrogens with one attached hydrogen (secondary N) is 1. The molecule has 0 bridgehead atoms. The third kappa shape index (κ3) is 8.09. The highest BCUT2D eigenvalue weighted by Crippen LogP contribution is 2.33. The monoisotopic (exact) mass is 579 g/mol. The molecule has 1 aliphatic heterocycles. The van der Waals surface area contributed by atoms with Crippen molar-refractivity contribution in [3.05, 3.63) is 76.6 Å². The van der Waals surface area contributed by atoms with Gasteiger partial charge < -0.3 is 10.2 Å². The summed E-state index contributed by atoms with van der Waals surface area (Å²) >= 11 is 0. The summed E-state index contributed by atoms with van der Waals surface area (Å²) in [5, 5.41) is 13.1. The van der Waals surface area contributed by atoms with Crippen LogP contribution in [0.25, 0.3) is 16.9 Å². The first-order valence-corrected chi connectivity index (χ1v) is 15.8. The summed E-state index contributed by atoms with van der Waals surface area (Å²) in [7, 11) is 3.94. The van der Waals surface area contributed by atoms with Crippen LogP contribution in [0.4, 0.5) is 5.82 Å². The molecule has 3 heterocycles. The van der Waals surface area contributed by atoms with Crippen molar-refractivity contribution in [1.82, 2.24) is 14.7 Å². The van der Waals surface area contributed by atoms with Crippen molar-refractivity contribution in [3.8, 4) is 6.07 Å². The fourth-order valence-electron chi connectivity index (χ4n) is 5.44. The Balaban J connectivity index is 0.00000248. The molecule has 1 aliphatic rings. The van der Waals surface area contributed by atoms with E-state index < -0.39 is 0 Å². The van der Waals surface area contributed by atoms with E-state index in [1.165, 1.54) is 5.56 Å². The van der Waals surface area contributed by atoms with E-state index in [9.17, 15) is 5.26 Å². The summed E-state index contributed by atoms with van der Waals surface area (Å²) in [5.41, 5.74) is 7.72. The fraction of sp³-hybridized carbons (Fsp3) is 0.444. The molecule has 0 radical (unpaired) electrons. The van der Waals surface area contributed by atoms with Gasteiger partial charge in [-0.25, -0.2) is 9.98 Å². The van der Waals surface area contributed by atoms with Gasteiger partial charge in [0.15, 0.2) is 0 Å². The van der Waals surface area contributed by atoms with Gasteiger partial charge in [-0.15, -0.1) is 0 Å². The average molecular weight is 580 g/mol. The molecule has 0 saturated heterocycles. The smallest absolute Gasteiger partial charge is 0.141 e. The van der Waals surface area contributed by atoms with Crippen molar-refractivity contribution in [2.24, 2.45) is 15.9 Å². The number of benzene rings is 1. The van der Waals surface area contributed by atoms with Crippen molar-refractivity contribution in [2.75, 3.05) is 25.7 Å². The predicted molar refractivity (Wildman–Crippen MR) is 184 cm³/mol. The van der Waals surface area contributed by atoms with Crippen molar-refractivity contribution >= 4 is 34.8 Å². The van der Waals surface area contributed by atoms with Crippen LogP contribution in [0.15, 0.2) is 64.2 Å². The van der Waals surface area contributed by atoms with E-state index >= 15 is 0 Å². The molecule has 0 amide bonds. The maximum Gasteiger partial charge on any atom is 0.141 e. The lowest BCUT2D eigenvalue weighted by Gasteiger charge is -2.20. The predicted octanol–water partition coefficient (Wildman–Crippen LogP) is 8.25. The van der Waals surface area contributed by atoms with Crippen molar-refractivity contribution in [3.63, 3.8) is 0 Å². The first-order valence-electron chi connectivity index (χ1n) is 15.8. The van der Waals surface area contributed by atoms with Gasteiger partial charge in [0, 0.05) is 31.4 Å². The summed E-state index contributed by atoms with van der Waals surface area (Å²) in [4.78, 5) is 16.7. The Bertz CT molecular complexity index is 1510. The molecule has 0 aliphatic carbocycles. The van der Waals surface area contributed by atoms with Crippen LogP contribution in [-0.2, 0) is 6.42 Å². The molecule has 0 unspecified atom stereocenters. The van der Waals surface area contributed by atoms with E-state index in [0.717, 1.165) is 77.5 Å². The number of hydrogen-bond acceptors (Lipinski definition) is 6. The van der Waals surface area contributed by atoms with Crippen LogP contribution < -0.4 is 10.2 Å². The Morgan fingerprint density at radius 1 is 1.12 bits per heavy atom. The van der Waals surface area contributed by atoms with Crippen LogP contribution in [0.5, 0.6) is 0 Å². The summed E-state index contributed by atoms with van der Waals surface area (Å²) < 4.78 is 2.17. The zero-order valence-corrected chi connectivity index (χ0v) is 27.4. The number of imidazole rings is 1. The normalized spacial score (nSPS) is 13.5. The minimum Gasteiger partial charge on any atom is -0.317 e. The lowest BCUT2D eigenvalue weighted by molar-refractivity contribution is 0.531. The quantitative estimate of drug-likeness (QED) is 0.219. The summed E-state index contributed by atoms with van der Waals surface area (Å²) in [5.74, 6) is 2.34. The second kappa shape index (κ2) is 16.6. The number of aryl methyl sites for hydroxylation is 2. The van der Waals surface area contributed by atoms with E-state index in [2.05, 4.69) is 89.9 Å². The molecule has 3 aromatic rings. The molecule has 43 heavy (non-hydrogen) atoms. The van der Waals surface area contributed by atoms with Crippen LogP contribution in [-0.4, -0.2) is 42.2 Å². The third-order valence-corrected chi connectivity index (χ3v) is 7.57. The van der Waals surface area contributed by atoms with Gasteiger partial charge in [0.1, 0.15) is 17.3 Å². The van der Waals surface area contributed by atoms with Gasteiger partial charge in [0.2, 0.25) is 0 Å². The Kier molecular flexibility index (Phi) is 12.9. The highest BCUT2D eigenvalue weighted by atomic mass is 15.3. The molecular formula is C36H49N7. The number of aromatic nitrogens is 2. The van der Waals surface area contributed by atoms with Gasteiger partial charge in [-0.3, -0.25) is 9.39 Å². The highest BCUT2D eigenvalue weighted by molar-refractivity contribution is 6.10. The average Bonchev–Trinajstić information content (AvgIpc) is 3.63. The molecule has 0 fully saturated rings. The summed E-state index contributed by atoms with van der Waals surface area (Å²) in [6.07, 6.45) is 12.5. The van der Waals surface area contributed by atoms with E-state index in [4.69, 9.17) is 9.98 Å². The Hall–Kier alpha value is -4.02. The number of anilines is 1. The molecule has 1 aromatic carbocycles. The van der Waals surface area contributed by atoms with Gasteiger partial charge in [0.25, 0.3) is 0 Å². The lowest BCUT2D eigenvalue weighted by Crippen LogP contribution is -2.27. The SMILES string of the molecule is CC.CCCC(/C=C(\C=N/CNC)c1ccc2nc(CC)c(N(C)C3=NC(c4ccc(C)cc4)=C(C#N)C3)n2c1)CCC. The molecule has 7 nitrogen and oxygen atoms in total. The van der Waals surface area contributed by atoms with Crippen molar-refractivity contribution in [1.29, 1.82) is 5.26 Å². The molecule has 4 rings (SSSR count). The van der Waals surface area contributed by atoms with Crippen LogP contribution in [0.2, 0.25) is 0 Å². The van der Waals surface area contributed by atoms with Crippen molar-refractivity contribution in [2.45, 2.75) is 80.1 Å². The second-order valence-corrected chi connectivity index (χ2v) is 10.7. The fourth-order valence-corrected chi connectivity index (χ4v) is 5.44. The zero-order valence-electron chi connectivity index (χ0n) is 27.4. The number of nitriles is 1. The molecule has 2 aromatic heterocycles. The number of allylic oxidation sites excluding steroid dienone is 2. The van der Waals surface area contributed by atoms with E-state index in [1.54, 1.807) is 0 Å². The van der Waals surface area contributed by atoms with Crippen molar-refractivity contribution < 1.29 is 0 Å². The standard InChI is InChI=1S/C34H43N7.C2H6/c1-7-10-25(11-8-2)18-29(21-37-23-36-5)27-16-17-31-38-30(9-3)34(41(31)22-27)40(6)32-19-28(20-35)33(39-32)26-14-12-24(4)13-15-26;1-2/h12-18,21-22,25,36H,7-11,19,23H2,1-6H3;1-2H3/b29-18+,37-21-;. The van der Waals surface area contributed by atoms with E-state index in [-0.39, 0.29) is 0 Å². The largest absolute Gasteiger partial charge is 0.317 e. The topological polar surface area (TPSA) is 81.1 Å². The molecule has 0 atom stereocenters. The molecule has 0 saturated carbocycles. The lowest BCUT2D eigenvalue weighted by atomic mass is 9.94. The Morgan fingerprint density at radius 2 is 1.81 bits per heavy atom. The second-order valence-electron chi connectivity index (χ2n) is 10.7. The van der Waals surface area contributed by atoms with Crippen LogP contribution in [0, 0.1) is 24.2 Å². The number of rotatable bonds is 12. The number of amidine groups is 1. The molecule has 7 heteroatoms. The maximum absolute atomic E-state index is 9.95. The summed E-state index contributed by atoms with van der Waals surface area (Å²) in [6.45, 7) is 13.3. The van der Waals surface area contributed by atoms with E-state index in [1.807, 2.05) is 46.3 Å². The van der Waals surface area contributed by atoms with Gasteiger partial charge in [-0.1, -0.05) is 83.4 Å². The third-order valence-electron chi connectivity index (χ3n) is 7.57. The number of nitrogens with zero attached hydrogens (tertiary/aromatic N) is 6. The summed E-state index contributed by atoms with van der Waals surface area (Å²) in [6, 6.07) is 14.8. The van der Waals surface area contributed by atoms with Gasteiger partial charge in [-0.05, 0) is 62.4 Å². The first kappa shape index (κ1) is 33.5. The van der Waals surface area contributed by atoms with Gasteiger partial charge in [-0.2, -0.15) is 5.26 Å². The molecule has 0 spiro atoms. The Labute approximate surface area is 258 Å². The highest BCUT2D eigenvalue weighted by Gasteiger charge is 2.26. The first-order chi connectivity index (χ1) is 20.9.